The van der Waals surface area contributed by atoms with Crippen LogP contribution in [0.5, 0.6) is 0 Å². The van der Waals surface area contributed by atoms with Crippen molar-refractivity contribution < 1.29 is 0 Å². The molecule has 0 saturated heterocycles. The Morgan fingerprint density at radius 2 is 2.42 bits per heavy atom. The Balaban J connectivity index is 2.20. The topological polar surface area (TPSA) is 0 Å². The van der Waals surface area contributed by atoms with Crippen LogP contribution in [-0.2, 0) is 5.75 Å². The molecule has 1 rings (SSSR count). The van der Waals surface area contributed by atoms with Crippen LogP contribution in [0.1, 0.15) is 24.6 Å². The third-order valence-electron chi connectivity index (χ3n) is 1.57. The van der Waals surface area contributed by atoms with Crippen LogP contribution >= 0.6 is 39.0 Å². The van der Waals surface area contributed by atoms with E-state index in [1.54, 1.807) is 0 Å². The van der Waals surface area contributed by atoms with Crippen LogP contribution in [0.2, 0.25) is 0 Å². The summed E-state index contributed by atoms with van der Waals surface area (Å²) in [7, 11) is 0. The molecule has 0 fully saturated rings. The molecule has 1 aromatic rings. The van der Waals surface area contributed by atoms with E-state index in [0.29, 0.717) is 0 Å². The molecule has 1 heterocycles. The molecule has 0 amide bonds. The second kappa shape index (κ2) is 6.06. The van der Waals surface area contributed by atoms with Crippen LogP contribution in [0.3, 0.4) is 0 Å². The van der Waals surface area contributed by atoms with Gasteiger partial charge in [0.15, 0.2) is 0 Å². The highest BCUT2D eigenvalue weighted by Crippen LogP contribution is 2.27. The first kappa shape index (κ1) is 10.6. The lowest BCUT2D eigenvalue weighted by Gasteiger charge is -1.98. The first-order chi connectivity index (χ1) is 5.84. The number of rotatable bonds is 5. The number of thiophene rings is 1. The van der Waals surface area contributed by atoms with Crippen LogP contribution in [-0.4, -0.2) is 5.75 Å². The molecule has 0 bridgehead atoms. The summed E-state index contributed by atoms with van der Waals surface area (Å²) >= 11 is 7.40. The Kier molecular flexibility index (Phi) is 5.35. The van der Waals surface area contributed by atoms with E-state index in [2.05, 4.69) is 34.3 Å². The lowest BCUT2D eigenvalue weighted by molar-refractivity contribution is 0.896. The third kappa shape index (κ3) is 3.50. The Labute approximate surface area is 90.9 Å². The minimum atomic E-state index is 1.16. The Morgan fingerprint density at radius 3 is 3.00 bits per heavy atom. The average molecular weight is 265 g/mol. The first-order valence-corrected chi connectivity index (χ1v) is 6.97. The fourth-order valence-electron chi connectivity index (χ4n) is 0.839. The molecule has 3 heteroatoms. The van der Waals surface area contributed by atoms with Crippen molar-refractivity contribution in [1.82, 2.24) is 0 Å². The molecule has 0 saturated carbocycles. The minimum absolute atomic E-state index is 1.16. The van der Waals surface area contributed by atoms with Gasteiger partial charge in [0.2, 0.25) is 0 Å². The molecule has 0 aliphatic rings. The fourth-order valence-corrected chi connectivity index (χ4v) is 3.80. The van der Waals surface area contributed by atoms with Crippen LogP contribution in [0.25, 0.3) is 0 Å². The summed E-state index contributed by atoms with van der Waals surface area (Å²) in [4.78, 5) is 1.47. The van der Waals surface area contributed by atoms with E-state index in [1.807, 2.05) is 23.1 Å². The van der Waals surface area contributed by atoms with Crippen molar-refractivity contribution in [2.75, 3.05) is 5.75 Å². The van der Waals surface area contributed by atoms with Crippen LogP contribution in [0.4, 0.5) is 0 Å². The maximum atomic E-state index is 3.53. The van der Waals surface area contributed by atoms with E-state index in [0.717, 1.165) is 5.75 Å². The molecule has 0 aliphatic heterocycles. The van der Waals surface area contributed by atoms with E-state index >= 15 is 0 Å². The Morgan fingerprint density at radius 1 is 1.58 bits per heavy atom. The quantitative estimate of drug-likeness (QED) is 0.704. The number of halogens is 1. The van der Waals surface area contributed by atoms with E-state index < -0.39 is 0 Å². The second-order valence-corrected chi connectivity index (χ2v) is 5.56. The van der Waals surface area contributed by atoms with Crippen molar-refractivity contribution in [1.29, 1.82) is 0 Å². The summed E-state index contributed by atoms with van der Waals surface area (Å²) in [6.07, 6.45) is 2.65. The van der Waals surface area contributed by atoms with E-state index in [4.69, 9.17) is 0 Å². The molecular weight excluding hydrogens is 252 g/mol. The van der Waals surface area contributed by atoms with Crippen molar-refractivity contribution in [3.05, 3.63) is 20.8 Å². The highest BCUT2D eigenvalue weighted by molar-refractivity contribution is 9.10. The van der Waals surface area contributed by atoms with Gasteiger partial charge in [-0.1, -0.05) is 13.3 Å². The molecule has 0 atom stereocenters. The highest BCUT2D eigenvalue weighted by atomic mass is 79.9. The monoisotopic (exact) mass is 264 g/mol. The molecular formula is C9H13BrS2. The SMILES string of the molecule is CCCCSCc1sccc1Br. The van der Waals surface area contributed by atoms with Crippen LogP contribution < -0.4 is 0 Å². The van der Waals surface area contributed by atoms with Gasteiger partial charge in [0.1, 0.15) is 0 Å². The summed E-state index contributed by atoms with van der Waals surface area (Å²) in [6.45, 7) is 2.24. The minimum Gasteiger partial charge on any atom is -0.156 e. The molecule has 68 valence electrons. The van der Waals surface area contributed by atoms with Gasteiger partial charge in [-0.15, -0.1) is 11.3 Å². The van der Waals surface area contributed by atoms with Gasteiger partial charge >= 0.3 is 0 Å². The van der Waals surface area contributed by atoms with Crippen LogP contribution in [0.15, 0.2) is 15.9 Å². The van der Waals surface area contributed by atoms with Gasteiger partial charge < -0.3 is 0 Å². The van der Waals surface area contributed by atoms with Crippen molar-refractivity contribution >= 4 is 39.0 Å². The van der Waals surface area contributed by atoms with Gasteiger partial charge in [-0.25, -0.2) is 0 Å². The van der Waals surface area contributed by atoms with Gasteiger partial charge in [-0.05, 0) is 39.6 Å². The number of unbranched alkanes of at least 4 members (excludes halogenated alkanes) is 1. The Hall–Kier alpha value is 0.530. The zero-order chi connectivity index (χ0) is 8.81. The molecule has 0 N–H and O–H groups in total. The molecule has 0 spiro atoms. The third-order valence-corrected chi connectivity index (χ3v) is 4.75. The normalized spacial score (nSPS) is 10.5. The van der Waals surface area contributed by atoms with Gasteiger partial charge in [0, 0.05) is 15.1 Å². The zero-order valence-electron chi connectivity index (χ0n) is 7.18. The zero-order valence-corrected chi connectivity index (χ0v) is 10.4. The van der Waals surface area contributed by atoms with Crippen molar-refractivity contribution in [3.8, 4) is 0 Å². The van der Waals surface area contributed by atoms with E-state index in [9.17, 15) is 0 Å². The summed E-state index contributed by atoms with van der Waals surface area (Å²) < 4.78 is 1.27. The molecule has 0 nitrogen and oxygen atoms in total. The number of hydrogen-bond donors (Lipinski definition) is 0. The predicted molar refractivity (Wildman–Crippen MR) is 63.1 cm³/mol. The molecule has 0 radical (unpaired) electrons. The molecule has 0 aliphatic carbocycles. The molecule has 1 aromatic heterocycles. The molecule has 0 aromatic carbocycles. The Bertz CT molecular complexity index is 220. The molecule has 0 unspecified atom stereocenters. The maximum Gasteiger partial charge on any atom is 0.0322 e. The van der Waals surface area contributed by atoms with Gasteiger partial charge in [-0.2, -0.15) is 11.8 Å². The van der Waals surface area contributed by atoms with Crippen molar-refractivity contribution in [3.63, 3.8) is 0 Å². The second-order valence-electron chi connectivity index (χ2n) is 2.60. The first-order valence-electron chi connectivity index (χ1n) is 4.14. The van der Waals surface area contributed by atoms with E-state index in [1.165, 1.54) is 27.9 Å². The summed E-state index contributed by atoms with van der Waals surface area (Å²) in [5, 5.41) is 2.14. The van der Waals surface area contributed by atoms with E-state index in [-0.39, 0.29) is 0 Å². The molecule has 12 heavy (non-hydrogen) atoms. The van der Waals surface area contributed by atoms with Crippen molar-refractivity contribution in [2.24, 2.45) is 0 Å². The largest absolute Gasteiger partial charge is 0.156 e. The number of hydrogen-bond acceptors (Lipinski definition) is 2. The van der Waals surface area contributed by atoms with Gasteiger partial charge in [0.25, 0.3) is 0 Å². The summed E-state index contributed by atoms with van der Waals surface area (Å²) in [5.74, 6) is 2.46. The number of thioether (sulfide) groups is 1. The van der Waals surface area contributed by atoms with Gasteiger partial charge in [0.05, 0.1) is 0 Å². The maximum absolute atomic E-state index is 3.53. The standard InChI is InChI=1S/C9H13BrS2/c1-2-3-5-11-7-9-8(10)4-6-12-9/h4,6H,2-3,5,7H2,1H3. The van der Waals surface area contributed by atoms with Crippen LogP contribution in [0, 0.1) is 0 Å². The highest BCUT2D eigenvalue weighted by Gasteiger charge is 1.99. The fraction of sp³-hybridized carbons (Fsp3) is 0.556. The summed E-state index contributed by atoms with van der Waals surface area (Å²) in [5.41, 5.74) is 0. The summed E-state index contributed by atoms with van der Waals surface area (Å²) in [6, 6.07) is 2.13. The van der Waals surface area contributed by atoms with Gasteiger partial charge in [-0.3, -0.25) is 0 Å². The smallest absolute Gasteiger partial charge is 0.0322 e. The lowest BCUT2D eigenvalue weighted by atomic mass is 10.4. The lowest BCUT2D eigenvalue weighted by Crippen LogP contribution is -1.79. The average Bonchev–Trinajstić information content (AvgIpc) is 2.46. The predicted octanol–water partition coefficient (Wildman–Crippen LogP) is 4.54. The van der Waals surface area contributed by atoms with Crippen molar-refractivity contribution in [2.45, 2.75) is 25.5 Å².